The lowest BCUT2D eigenvalue weighted by atomic mass is 10.1. The molecule has 0 saturated heterocycles. The van der Waals surface area contributed by atoms with Gasteiger partial charge in [-0.3, -0.25) is 9.59 Å². The van der Waals surface area contributed by atoms with Gasteiger partial charge >= 0.3 is 0 Å². The molecule has 2 N–H and O–H groups in total. The number of imidazole rings is 1. The van der Waals surface area contributed by atoms with Crippen LogP contribution < -0.4 is 10.6 Å². The zero-order valence-corrected chi connectivity index (χ0v) is 15.2. The van der Waals surface area contributed by atoms with Gasteiger partial charge in [0, 0.05) is 19.6 Å². The van der Waals surface area contributed by atoms with Gasteiger partial charge in [-0.25, -0.2) is 4.98 Å². The molecular weight excluding hydrogens is 334 g/mol. The maximum atomic E-state index is 12.6. The van der Waals surface area contributed by atoms with Gasteiger partial charge < -0.3 is 24.5 Å². The van der Waals surface area contributed by atoms with E-state index in [1.54, 1.807) is 18.4 Å². The summed E-state index contributed by atoms with van der Waals surface area (Å²) in [6, 6.07) is 3.57. The summed E-state index contributed by atoms with van der Waals surface area (Å²) in [6.45, 7) is 2.29. The van der Waals surface area contributed by atoms with Crippen molar-refractivity contribution in [1.82, 2.24) is 25.1 Å². The van der Waals surface area contributed by atoms with Crippen molar-refractivity contribution in [3.63, 3.8) is 0 Å². The molecule has 0 atom stereocenters. The van der Waals surface area contributed by atoms with E-state index in [-0.39, 0.29) is 11.8 Å². The van der Waals surface area contributed by atoms with Gasteiger partial charge in [0.25, 0.3) is 11.8 Å². The molecule has 3 rings (SSSR count). The van der Waals surface area contributed by atoms with Crippen LogP contribution in [0.5, 0.6) is 0 Å². The Bertz CT molecular complexity index is 764. The molecule has 0 bridgehead atoms. The summed E-state index contributed by atoms with van der Waals surface area (Å²) in [6.07, 6.45) is 4.29. The summed E-state index contributed by atoms with van der Waals surface area (Å²) in [5.74, 6) is 0.481. The Morgan fingerprint density at radius 2 is 2.12 bits per heavy atom. The molecule has 0 saturated carbocycles. The molecule has 2 aromatic heterocycles. The van der Waals surface area contributed by atoms with Crippen LogP contribution in [-0.4, -0.2) is 53.5 Å². The Labute approximate surface area is 152 Å². The van der Waals surface area contributed by atoms with Crippen LogP contribution in [0, 0.1) is 0 Å². The maximum Gasteiger partial charge on any atom is 0.287 e. The molecule has 140 valence electrons. The number of hydrogen-bond acceptors (Lipinski definition) is 5. The highest BCUT2D eigenvalue weighted by molar-refractivity contribution is 5.97. The molecule has 8 nitrogen and oxygen atoms in total. The monoisotopic (exact) mass is 359 g/mol. The Balaban J connectivity index is 1.74. The normalized spacial score (nSPS) is 13.5. The summed E-state index contributed by atoms with van der Waals surface area (Å²) in [5, 5.41) is 5.69. The van der Waals surface area contributed by atoms with E-state index in [0.29, 0.717) is 36.9 Å². The molecule has 0 aromatic carbocycles. The highest BCUT2D eigenvalue weighted by atomic mass is 16.3. The van der Waals surface area contributed by atoms with E-state index < -0.39 is 0 Å². The summed E-state index contributed by atoms with van der Waals surface area (Å²) >= 11 is 0. The van der Waals surface area contributed by atoms with Crippen LogP contribution in [0.4, 0.5) is 0 Å². The third-order valence-corrected chi connectivity index (χ3v) is 4.38. The number of rotatable bonds is 7. The predicted octanol–water partition coefficient (Wildman–Crippen LogP) is 1.03. The number of nitrogens with zero attached hydrogens (tertiary/aromatic N) is 3. The van der Waals surface area contributed by atoms with Crippen LogP contribution in [0.15, 0.2) is 22.8 Å². The minimum atomic E-state index is -0.278. The minimum absolute atomic E-state index is 0.236. The zero-order chi connectivity index (χ0) is 18.5. The summed E-state index contributed by atoms with van der Waals surface area (Å²) in [5.41, 5.74) is 1.18. The molecule has 8 heteroatoms. The number of nitrogens with one attached hydrogen (secondary N) is 2. The number of carbonyl (C=O) groups excluding carboxylic acids is 2. The predicted molar refractivity (Wildman–Crippen MR) is 95.9 cm³/mol. The van der Waals surface area contributed by atoms with E-state index in [1.165, 1.54) is 0 Å². The Morgan fingerprint density at radius 3 is 2.85 bits per heavy atom. The van der Waals surface area contributed by atoms with E-state index in [2.05, 4.69) is 15.6 Å². The highest BCUT2D eigenvalue weighted by Crippen LogP contribution is 2.21. The molecule has 0 fully saturated rings. The summed E-state index contributed by atoms with van der Waals surface area (Å²) in [7, 11) is 3.90. The van der Waals surface area contributed by atoms with Gasteiger partial charge in [0.2, 0.25) is 0 Å². The average molecular weight is 359 g/mol. The zero-order valence-electron chi connectivity index (χ0n) is 15.2. The van der Waals surface area contributed by atoms with Gasteiger partial charge in [-0.1, -0.05) is 0 Å². The van der Waals surface area contributed by atoms with E-state index in [9.17, 15) is 9.59 Å². The summed E-state index contributed by atoms with van der Waals surface area (Å²) in [4.78, 5) is 31.5. The van der Waals surface area contributed by atoms with E-state index in [1.807, 2.05) is 23.6 Å². The Hall–Kier alpha value is -2.61. The molecule has 0 unspecified atom stereocenters. The van der Waals surface area contributed by atoms with Gasteiger partial charge in [0.05, 0.1) is 18.5 Å². The minimum Gasteiger partial charge on any atom is -0.467 e. The fraction of sp³-hybridized carbons (Fsp3) is 0.500. The van der Waals surface area contributed by atoms with E-state index in [0.717, 1.165) is 31.5 Å². The molecule has 2 aromatic rings. The van der Waals surface area contributed by atoms with Crippen LogP contribution in [0.3, 0.4) is 0 Å². The largest absolute Gasteiger partial charge is 0.467 e. The molecule has 2 amide bonds. The molecule has 0 radical (unpaired) electrons. The van der Waals surface area contributed by atoms with E-state index in [4.69, 9.17) is 4.42 Å². The van der Waals surface area contributed by atoms with Crippen LogP contribution in [0.25, 0.3) is 0 Å². The number of amides is 2. The Kier molecular flexibility index (Phi) is 5.72. The first-order chi connectivity index (χ1) is 12.6. The number of aromatic nitrogens is 2. The van der Waals surface area contributed by atoms with Gasteiger partial charge in [-0.2, -0.15) is 0 Å². The van der Waals surface area contributed by atoms with Crippen molar-refractivity contribution >= 4 is 11.8 Å². The third-order valence-electron chi connectivity index (χ3n) is 4.38. The first-order valence-corrected chi connectivity index (χ1v) is 8.89. The fourth-order valence-corrected chi connectivity index (χ4v) is 3.03. The lowest BCUT2D eigenvalue weighted by Crippen LogP contribution is -2.33. The Morgan fingerprint density at radius 1 is 1.27 bits per heavy atom. The summed E-state index contributed by atoms with van der Waals surface area (Å²) < 4.78 is 7.12. The first-order valence-electron chi connectivity index (χ1n) is 8.89. The van der Waals surface area contributed by atoms with Crippen molar-refractivity contribution in [3.05, 3.63) is 41.4 Å². The van der Waals surface area contributed by atoms with Crippen LogP contribution in [0.1, 0.15) is 45.4 Å². The van der Waals surface area contributed by atoms with Crippen molar-refractivity contribution in [2.24, 2.45) is 0 Å². The fourth-order valence-electron chi connectivity index (χ4n) is 3.03. The standard InChI is InChI=1S/C18H25N5O3/c1-22(2)10-8-19-18(25)16-21-15(14-7-3-4-9-23(14)16)17(24)20-12-13-6-5-11-26-13/h5-6,11H,3-4,7-10,12H2,1-2H3,(H,19,25)(H,20,24). The molecule has 26 heavy (non-hydrogen) atoms. The molecule has 1 aliphatic rings. The van der Waals surface area contributed by atoms with Crippen LogP contribution >= 0.6 is 0 Å². The quantitative estimate of drug-likeness (QED) is 0.770. The maximum absolute atomic E-state index is 12.6. The van der Waals surface area contributed by atoms with Crippen molar-refractivity contribution in [3.8, 4) is 0 Å². The second-order valence-electron chi connectivity index (χ2n) is 6.66. The second kappa shape index (κ2) is 8.18. The molecule has 0 spiro atoms. The number of carbonyl (C=O) groups is 2. The number of hydrogen-bond donors (Lipinski definition) is 2. The van der Waals surface area contributed by atoms with E-state index >= 15 is 0 Å². The smallest absolute Gasteiger partial charge is 0.287 e. The SMILES string of the molecule is CN(C)CCNC(=O)c1nc(C(=O)NCc2ccco2)c2n1CCCC2. The lowest BCUT2D eigenvalue weighted by Gasteiger charge is -2.17. The van der Waals surface area contributed by atoms with Gasteiger partial charge in [0.1, 0.15) is 11.5 Å². The highest BCUT2D eigenvalue weighted by Gasteiger charge is 2.27. The number of furan rings is 1. The van der Waals surface area contributed by atoms with Gasteiger partial charge in [-0.15, -0.1) is 0 Å². The number of likely N-dealkylation sites (N-methyl/N-ethyl adjacent to an activating group) is 1. The molecule has 0 aliphatic carbocycles. The second-order valence-corrected chi connectivity index (χ2v) is 6.66. The van der Waals surface area contributed by atoms with Crippen molar-refractivity contribution < 1.29 is 14.0 Å². The van der Waals surface area contributed by atoms with Gasteiger partial charge in [-0.05, 0) is 45.5 Å². The molecule has 3 heterocycles. The van der Waals surface area contributed by atoms with Crippen molar-refractivity contribution in [2.45, 2.75) is 32.4 Å². The van der Waals surface area contributed by atoms with Crippen LogP contribution in [-0.2, 0) is 19.5 Å². The lowest BCUT2D eigenvalue weighted by molar-refractivity contribution is 0.0935. The third kappa shape index (κ3) is 4.13. The molecular formula is C18H25N5O3. The van der Waals surface area contributed by atoms with Crippen molar-refractivity contribution in [1.29, 1.82) is 0 Å². The van der Waals surface area contributed by atoms with Crippen molar-refractivity contribution in [2.75, 3.05) is 27.2 Å². The van der Waals surface area contributed by atoms with Gasteiger partial charge in [0.15, 0.2) is 5.82 Å². The van der Waals surface area contributed by atoms with Crippen LogP contribution in [0.2, 0.25) is 0 Å². The number of fused-ring (bicyclic) bond motifs is 1. The average Bonchev–Trinajstić information content (AvgIpc) is 3.27. The topological polar surface area (TPSA) is 92.4 Å². The molecule has 1 aliphatic heterocycles. The first kappa shape index (κ1) is 18.2.